The van der Waals surface area contributed by atoms with Gasteiger partial charge in [-0.3, -0.25) is 4.18 Å². The third kappa shape index (κ3) is 5.06. The van der Waals surface area contributed by atoms with Crippen LogP contribution in [-0.2, 0) is 19.7 Å². The van der Waals surface area contributed by atoms with Crippen LogP contribution in [0.3, 0.4) is 0 Å². The molecule has 2 rings (SSSR count). The third-order valence-corrected chi connectivity index (χ3v) is 6.23. The van der Waals surface area contributed by atoms with Gasteiger partial charge in [0.2, 0.25) is 0 Å². The summed E-state index contributed by atoms with van der Waals surface area (Å²) in [5, 5.41) is 9.86. The van der Waals surface area contributed by atoms with Crippen LogP contribution in [0.4, 0.5) is 4.39 Å². The number of halogens is 1. The van der Waals surface area contributed by atoms with Crippen LogP contribution in [0.2, 0.25) is 0 Å². The van der Waals surface area contributed by atoms with Gasteiger partial charge in [-0.1, -0.05) is 57.7 Å². The minimum Gasteiger partial charge on any atom is -0.266 e. The van der Waals surface area contributed by atoms with Crippen LogP contribution < -0.4 is 0 Å². The predicted octanol–water partition coefficient (Wildman–Crippen LogP) is 4.99. The third-order valence-electron chi connectivity index (χ3n) is 4.92. The van der Waals surface area contributed by atoms with Crippen LogP contribution in [0.25, 0.3) is 0 Å². The standard InChI is InChI=1S/C21H26FNO3S/c1-3-4-5-6-7-14-26-27(24,25)20-13-8-17(2)21(15-20,16-23)18-9-11-19(22)12-10-18/h8-13,15,17H,3-7,14H2,1-2H3. The molecule has 2 unspecified atom stereocenters. The van der Waals surface area contributed by atoms with Gasteiger partial charge in [-0.05, 0) is 36.3 Å². The van der Waals surface area contributed by atoms with Crippen molar-refractivity contribution in [3.63, 3.8) is 0 Å². The van der Waals surface area contributed by atoms with Crippen molar-refractivity contribution in [3.8, 4) is 6.07 Å². The Labute approximate surface area is 161 Å². The minimum absolute atomic E-state index is 0.0277. The summed E-state index contributed by atoms with van der Waals surface area (Å²) in [6.07, 6.45) is 9.50. The maximum atomic E-state index is 13.3. The van der Waals surface area contributed by atoms with Crippen molar-refractivity contribution in [3.05, 3.63) is 58.8 Å². The lowest BCUT2D eigenvalue weighted by molar-refractivity contribution is 0.310. The van der Waals surface area contributed by atoms with E-state index in [1.165, 1.54) is 36.4 Å². The van der Waals surface area contributed by atoms with E-state index in [1.54, 1.807) is 6.08 Å². The molecule has 0 saturated heterocycles. The molecule has 2 atom stereocenters. The molecule has 0 heterocycles. The van der Waals surface area contributed by atoms with E-state index in [4.69, 9.17) is 4.18 Å². The minimum atomic E-state index is -3.95. The maximum absolute atomic E-state index is 13.3. The average Bonchev–Trinajstić information content (AvgIpc) is 2.65. The number of unbranched alkanes of at least 4 members (excludes halogenated alkanes) is 4. The zero-order chi connectivity index (χ0) is 19.9. The second-order valence-corrected chi connectivity index (χ2v) is 8.49. The fourth-order valence-electron chi connectivity index (χ4n) is 3.16. The Kier molecular flexibility index (Phi) is 7.34. The summed E-state index contributed by atoms with van der Waals surface area (Å²) in [7, 11) is -3.95. The fraction of sp³-hybridized carbons (Fsp3) is 0.476. The lowest BCUT2D eigenvalue weighted by atomic mass is 9.70. The SMILES string of the molecule is CCCCCCCOS(=O)(=O)C1=CC(C#N)(c2ccc(F)cc2)C(C)C=C1. The number of nitriles is 1. The topological polar surface area (TPSA) is 67.2 Å². The Morgan fingerprint density at radius 2 is 1.85 bits per heavy atom. The van der Waals surface area contributed by atoms with Crippen LogP contribution in [-0.4, -0.2) is 15.0 Å². The molecule has 0 amide bonds. The van der Waals surface area contributed by atoms with Crippen molar-refractivity contribution in [1.29, 1.82) is 5.26 Å². The molecule has 4 nitrogen and oxygen atoms in total. The maximum Gasteiger partial charge on any atom is 0.296 e. The van der Waals surface area contributed by atoms with Crippen molar-refractivity contribution in [2.45, 2.75) is 51.4 Å². The number of hydrogen-bond donors (Lipinski definition) is 0. The molecule has 1 aliphatic rings. The highest BCUT2D eigenvalue weighted by atomic mass is 32.2. The van der Waals surface area contributed by atoms with Gasteiger partial charge in [-0.25, -0.2) is 4.39 Å². The first-order chi connectivity index (χ1) is 12.9. The van der Waals surface area contributed by atoms with E-state index in [2.05, 4.69) is 13.0 Å². The first-order valence-electron chi connectivity index (χ1n) is 9.33. The molecular formula is C21H26FNO3S. The molecular weight excluding hydrogens is 365 g/mol. The van der Waals surface area contributed by atoms with Crippen molar-refractivity contribution in [2.24, 2.45) is 5.92 Å². The zero-order valence-electron chi connectivity index (χ0n) is 15.8. The molecule has 0 fully saturated rings. The summed E-state index contributed by atoms with van der Waals surface area (Å²) in [5.74, 6) is -0.671. The van der Waals surface area contributed by atoms with Crippen molar-refractivity contribution in [2.75, 3.05) is 6.61 Å². The molecule has 0 bridgehead atoms. The summed E-state index contributed by atoms with van der Waals surface area (Å²) in [6, 6.07) is 7.80. The van der Waals surface area contributed by atoms with Gasteiger partial charge >= 0.3 is 0 Å². The predicted molar refractivity (Wildman–Crippen MR) is 104 cm³/mol. The molecule has 0 radical (unpaired) electrons. The molecule has 6 heteroatoms. The summed E-state index contributed by atoms with van der Waals surface area (Å²) < 4.78 is 43.5. The van der Waals surface area contributed by atoms with Crippen molar-refractivity contribution >= 4 is 10.1 Å². The molecule has 1 aromatic rings. The Morgan fingerprint density at radius 1 is 1.19 bits per heavy atom. The number of allylic oxidation sites excluding steroid dienone is 3. The number of hydrogen-bond acceptors (Lipinski definition) is 4. The highest BCUT2D eigenvalue weighted by molar-refractivity contribution is 7.90. The fourth-order valence-corrected chi connectivity index (χ4v) is 4.21. The van der Waals surface area contributed by atoms with Crippen LogP contribution in [0, 0.1) is 23.1 Å². The smallest absolute Gasteiger partial charge is 0.266 e. The van der Waals surface area contributed by atoms with Crippen LogP contribution in [0.5, 0.6) is 0 Å². The van der Waals surface area contributed by atoms with Crippen LogP contribution >= 0.6 is 0 Å². The molecule has 146 valence electrons. The molecule has 0 aliphatic heterocycles. The van der Waals surface area contributed by atoms with Gasteiger partial charge in [-0.15, -0.1) is 0 Å². The Balaban J connectivity index is 2.21. The summed E-state index contributed by atoms with van der Waals surface area (Å²) in [5.41, 5.74) is -0.634. The van der Waals surface area contributed by atoms with Crippen molar-refractivity contribution in [1.82, 2.24) is 0 Å². The number of nitrogens with zero attached hydrogens (tertiary/aromatic N) is 1. The monoisotopic (exact) mass is 391 g/mol. The second-order valence-electron chi connectivity index (χ2n) is 6.87. The van der Waals surface area contributed by atoms with E-state index in [9.17, 15) is 18.1 Å². The summed E-state index contributed by atoms with van der Waals surface area (Å²) in [6.45, 7) is 4.08. The molecule has 0 spiro atoms. The Bertz CT molecular complexity index is 837. The van der Waals surface area contributed by atoms with E-state index in [1.807, 2.05) is 6.92 Å². The molecule has 1 aromatic carbocycles. The van der Waals surface area contributed by atoms with E-state index in [0.29, 0.717) is 12.0 Å². The van der Waals surface area contributed by atoms with E-state index in [-0.39, 0.29) is 17.4 Å². The highest BCUT2D eigenvalue weighted by Crippen LogP contribution is 2.39. The largest absolute Gasteiger partial charge is 0.296 e. The quantitative estimate of drug-likeness (QED) is 0.439. The van der Waals surface area contributed by atoms with Gasteiger partial charge < -0.3 is 0 Å². The Hall–Kier alpha value is -1.97. The summed E-state index contributed by atoms with van der Waals surface area (Å²) in [4.78, 5) is -0.0277. The van der Waals surface area contributed by atoms with Gasteiger partial charge in [-0.2, -0.15) is 13.7 Å². The molecule has 27 heavy (non-hydrogen) atoms. The zero-order valence-corrected chi connectivity index (χ0v) is 16.6. The first-order valence-corrected chi connectivity index (χ1v) is 10.7. The lowest BCUT2D eigenvalue weighted by Gasteiger charge is -2.32. The van der Waals surface area contributed by atoms with E-state index < -0.39 is 21.4 Å². The molecule has 0 saturated carbocycles. The normalized spacial score (nSPS) is 22.3. The lowest BCUT2D eigenvalue weighted by Crippen LogP contribution is -2.32. The van der Waals surface area contributed by atoms with Crippen LogP contribution in [0.1, 0.15) is 51.5 Å². The second kappa shape index (κ2) is 9.29. The number of rotatable bonds is 9. The Morgan fingerprint density at radius 3 is 2.48 bits per heavy atom. The van der Waals surface area contributed by atoms with Gasteiger partial charge in [0, 0.05) is 5.92 Å². The highest BCUT2D eigenvalue weighted by Gasteiger charge is 2.39. The first kappa shape index (κ1) is 21.3. The molecule has 0 N–H and O–H groups in total. The van der Waals surface area contributed by atoms with Crippen LogP contribution in [0.15, 0.2) is 47.4 Å². The van der Waals surface area contributed by atoms with E-state index >= 15 is 0 Å². The van der Waals surface area contributed by atoms with E-state index in [0.717, 1.165) is 25.7 Å². The van der Waals surface area contributed by atoms with Gasteiger partial charge in [0.25, 0.3) is 10.1 Å². The summed E-state index contributed by atoms with van der Waals surface area (Å²) >= 11 is 0. The number of benzene rings is 1. The van der Waals surface area contributed by atoms with Gasteiger partial charge in [0.05, 0.1) is 17.6 Å². The van der Waals surface area contributed by atoms with Crippen molar-refractivity contribution < 1.29 is 17.0 Å². The van der Waals surface area contributed by atoms with Gasteiger partial charge in [0.1, 0.15) is 11.2 Å². The molecule has 0 aromatic heterocycles. The molecule has 1 aliphatic carbocycles. The van der Waals surface area contributed by atoms with Gasteiger partial charge in [0.15, 0.2) is 0 Å². The average molecular weight is 392 g/mol.